The van der Waals surface area contributed by atoms with Crippen molar-refractivity contribution in [3.05, 3.63) is 94.5 Å². The summed E-state index contributed by atoms with van der Waals surface area (Å²) in [6.07, 6.45) is 0. The molecule has 0 saturated heterocycles. The highest BCUT2D eigenvalue weighted by atomic mass is 35.5. The molecule has 0 spiro atoms. The van der Waals surface area contributed by atoms with E-state index in [0.717, 1.165) is 21.0 Å². The standard InChI is InChI=1S/C29H34ClN3O4S/c1-20(2)31-29(35)23(5)32(18-24-14-11-21(3)12-15-24)28(34)19-33(25-16-13-22(4)27(30)17-25)38(36,37)26-9-7-6-8-10-26/h6-17,20,23H,18-19H2,1-5H3,(H,31,35)/t23-/m0/s1. The fourth-order valence-electron chi connectivity index (χ4n) is 3.86. The van der Waals surface area contributed by atoms with E-state index in [0.29, 0.717) is 5.02 Å². The van der Waals surface area contributed by atoms with Crippen molar-refractivity contribution in [1.82, 2.24) is 10.2 Å². The van der Waals surface area contributed by atoms with Gasteiger partial charge in [0.15, 0.2) is 0 Å². The van der Waals surface area contributed by atoms with Crippen LogP contribution in [0.1, 0.15) is 37.5 Å². The van der Waals surface area contributed by atoms with Gasteiger partial charge in [-0.1, -0.05) is 65.7 Å². The normalized spacial score (nSPS) is 12.2. The van der Waals surface area contributed by atoms with E-state index in [1.165, 1.54) is 23.1 Å². The Labute approximate surface area is 230 Å². The van der Waals surface area contributed by atoms with E-state index in [1.807, 2.05) is 52.0 Å². The molecular weight excluding hydrogens is 522 g/mol. The second-order valence-electron chi connectivity index (χ2n) is 9.60. The molecule has 9 heteroatoms. The molecule has 3 aromatic carbocycles. The lowest BCUT2D eigenvalue weighted by Crippen LogP contribution is -2.52. The topological polar surface area (TPSA) is 86.8 Å². The molecule has 0 fully saturated rings. The third-order valence-electron chi connectivity index (χ3n) is 6.13. The third-order valence-corrected chi connectivity index (χ3v) is 8.32. The molecule has 2 amide bonds. The lowest BCUT2D eigenvalue weighted by molar-refractivity contribution is -0.139. The summed E-state index contributed by atoms with van der Waals surface area (Å²) in [5.41, 5.74) is 2.92. The van der Waals surface area contributed by atoms with E-state index in [-0.39, 0.29) is 29.1 Å². The highest BCUT2D eigenvalue weighted by Gasteiger charge is 2.32. The number of rotatable bonds is 10. The number of sulfonamides is 1. The number of nitrogens with zero attached hydrogens (tertiary/aromatic N) is 2. The SMILES string of the molecule is Cc1ccc(CN(C(=O)CN(c2ccc(C)c(Cl)c2)S(=O)(=O)c2ccccc2)[C@@H](C)C(=O)NC(C)C)cc1. The fourth-order valence-corrected chi connectivity index (χ4v) is 5.47. The predicted octanol–water partition coefficient (Wildman–Crippen LogP) is 5.09. The van der Waals surface area contributed by atoms with E-state index >= 15 is 0 Å². The Kier molecular flexibility index (Phi) is 9.57. The van der Waals surface area contributed by atoms with Crippen LogP contribution in [0.5, 0.6) is 0 Å². The van der Waals surface area contributed by atoms with Crippen LogP contribution in [-0.4, -0.2) is 43.8 Å². The highest BCUT2D eigenvalue weighted by Crippen LogP contribution is 2.28. The minimum atomic E-state index is -4.13. The lowest BCUT2D eigenvalue weighted by Gasteiger charge is -2.32. The molecule has 1 atom stereocenters. The number of anilines is 1. The van der Waals surface area contributed by atoms with Crippen molar-refractivity contribution < 1.29 is 18.0 Å². The van der Waals surface area contributed by atoms with Gasteiger partial charge >= 0.3 is 0 Å². The van der Waals surface area contributed by atoms with Crippen LogP contribution in [0.3, 0.4) is 0 Å². The van der Waals surface area contributed by atoms with Gasteiger partial charge in [0.2, 0.25) is 11.8 Å². The number of aryl methyl sites for hydroxylation is 2. The van der Waals surface area contributed by atoms with Gasteiger partial charge in [-0.3, -0.25) is 13.9 Å². The molecule has 0 aliphatic carbocycles. The molecule has 3 aromatic rings. The average Bonchev–Trinajstić information content (AvgIpc) is 2.88. The van der Waals surface area contributed by atoms with Crippen LogP contribution in [0.4, 0.5) is 5.69 Å². The summed E-state index contributed by atoms with van der Waals surface area (Å²) in [4.78, 5) is 28.3. The number of halogens is 1. The molecule has 0 radical (unpaired) electrons. The molecular formula is C29H34ClN3O4S. The third kappa shape index (κ3) is 7.14. The molecule has 0 bridgehead atoms. The molecule has 38 heavy (non-hydrogen) atoms. The monoisotopic (exact) mass is 555 g/mol. The van der Waals surface area contributed by atoms with E-state index in [1.54, 1.807) is 37.3 Å². The van der Waals surface area contributed by atoms with Crippen molar-refractivity contribution in [2.45, 2.75) is 58.1 Å². The quantitative estimate of drug-likeness (QED) is 0.377. The van der Waals surface area contributed by atoms with Crippen molar-refractivity contribution in [3.8, 4) is 0 Å². The van der Waals surface area contributed by atoms with Gasteiger partial charge in [0, 0.05) is 17.6 Å². The van der Waals surface area contributed by atoms with Gasteiger partial charge in [-0.2, -0.15) is 0 Å². The predicted molar refractivity (Wildman–Crippen MR) is 152 cm³/mol. The van der Waals surface area contributed by atoms with Crippen molar-refractivity contribution in [2.75, 3.05) is 10.8 Å². The van der Waals surface area contributed by atoms with Gasteiger partial charge in [-0.15, -0.1) is 0 Å². The molecule has 0 aromatic heterocycles. The first-order chi connectivity index (χ1) is 17.9. The van der Waals surface area contributed by atoms with Gasteiger partial charge in [0.1, 0.15) is 12.6 Å². The molecule has 0 heterocycles. The molecule has 1 N–H and O–H groups in total. The zero-order chi connectivity index (χ0) is 28.0. The maximum Gasteiger partial charge on any atom is 0.264 e. The Bertz CT molecular complexity index is 1380. The number of amides is 2. The summed E-state index contributed by atoms with van der Waals surface area (Å²) in [6.45, 7) is 8.72. The number of nitrogens with one attached hydrogen (secondary N) is 1. The minimum absolute atomic E-state index is 0.0418. The molecule has 202 valence electrons. The highest BCUT2D eigenvalue weighted by molar-refractivity contribution is 7.92. The van der Waals surface area contributed by atoms with E-state index in [4.69, 9.17) is 11.6 Å². The van der Waals surface area contributed by atoms with Gasteiger partial charge in [0.05, 0.1) is 10.6 Å². The van der Waals surface area contributed by atoms with Gasteiger partial charge < -0.3 is 10.2 Å². The molecule has 0 unspecified atom stereocenters. The molecule has 3 rings (SSSR count). The first-order valence-electron chi connectivity index (χ1n) is 12.4. The van der Waals surface area contributed by atoms with E-state index in [2.05, 4.69) is 5.32 Å². The Balaban J connectivity index is 2.04. The maximum absolute atomic E-state index is 13.9. The average molecular weight is 556 g/mol. The fraction of sp³-hybridized carbons (Fsp3) is 0.310. The van der Waals surface area contributed by atoms with Crippen molar-refractivity contribution in [2.24, 2.45) is 0 Å². The van der Waals surface area contributed by atoms with Gasteiger partial charge in [0.25, 0.3) is 10.0 Å². The Morgan fingerprint density at radius 1 is 0.921 bits per heavy atom. The summed E-state index contributed by atoms with van der Waals surface area (Å²) in [5, 5.41) is 3.22. The van der Waals surface area contributed by atoms with Crippen molar-refractivity contribution >= 4 is 39.1 Å². The van der Waals surface area contributed by atoms with Crippen LogP contribution in [-0.2, 0) is 26.2 Å². The second-order valence-corrected chi connectivity index (χ2v) is 11.9. The largest absolute Gasteiger partial charge is 0.352 e. The minimum Gasteiger partial charge on any atom is -0.352 e. The summed E-state index contributed by atoms with van der Waals surface area (Å²) >= 11 is 6.34. The van der Waals surface area contributed by atoms with Gasteiger partial charge in [-0.25, -0.2) is 8.42 Å². The number of carbonyl (C=O) groups is 2. The lowest BCUT2D eigenvalue weighted by atomic mass is 10.1. The van der Waals surface area contributed by atoms with Crippen LogP contribution >= 0.6 is 11.6 Å². The first-order valence-corrected chi connectivity index (χ1v) is 14.2. The molecule has 0 saturated carbocycles. The zero-order valence-corrected chi connectivity index (χ0v) is 23.9. The molecule has 0 aliphatic rings. The van der Waals surface area contributed by atoms with Crippen LogP contribution in [0, 0.1) is 13.8 Å². The van der Waals surface area contributed by atoms with Crippen molar-refractivity contribution in [3.63, 3.8) is 0 Å². The number of carbonyl (C=O) groups excluding carboxylic acids is 2. The number of hydrogen-bond donors (Lipinski definition) is 1. The van der Waals surface area contributed by atoms with Gasteiger partial charge in [-0.05, 0) is 70.0 Å². The Morgan fingerprint density at radius 3 is 2.13 bits per heavy atom. The number of hydrogen-bond acceptors (Lipinski definition) is 4. The van der Waals surface area contributed by atoms with E-state index in [9.17, 15) is 18.0 Å². The van der Waals surface area contributed by atoms with Crippen molar-refractivity contribution in [1.29, 1.82) is 0 Å². The maximum atomic E-state index is 13.9. The van der Waals surface area contributed by atoms with E-state index < -0.39 is 28.5 Å². The first kappa shape index (κ1) is 29.2. The van der Waals surface area contributed by atoms with Crippen LogP contribution < -0.4 is 9.62 Å². The van der Waals surface area contributed by atoms with Crippen LogP contribution in [0.25, 0.3) is 0 Å². The smallest absolute Gasteiger partial charge is 0.264 e. The second kappa shape index (κ2) is 12.5. The zero-order valence-electron chi connectivity index (χ0n) is 22.3. The molecule has 0 aliphatic heterocycles. The summed E-state index contributed by atoms with van der Waals surface area (Å²) in [5.74, 6) is -0.843. The number of benzene rings is 3. The summed E-state index contributed by atoms with van der Waals surface area (Å²) in [6, 6.07) is 19.5. The summed E-state index contributed by atoms with van der Waals surface area (Å²) < 4.78 is 28.6. The Hall–Kier alpha value is -3.36. The Morgan fingerprint density at radius 2 is 1.55 bits per heavy atom. The molecule has 7 nitrogen and oxygen atoms in total. The summed E-state index contributed by atoms with van der Waals surface area (Å²) in [7, 11) is -4.13. The van der Waals surface area contributed by atoms with Crippen LogP contribution in [0.2, 0.25) is 5.02 Å². The van der Waals surface area contributed by atoms with Crippen LogP contribution in [0.15, 0.2) is 77.7 Å².